The van der Waals surface area contributed by atoms with Crippen molar-refractivity contribution in [2.75, 3.05) is 25.9 Å². The fourth-order valence-corrected chi connectivity index (χ4v) is 17.5. The van der Waals surface area contributed by atoms with Crippen molar-refractivity contribution in [3.63, 3.8) is 0 Å². The fourth-order valence-electron chi connectivity index (χ4n) is 17.5. The Morgan fingerprint density at radius 3 is 2.38 bits per heavy atom. The molecule has 1 aliphatic heterocycles. The maximum Gasteiger partial charge on any atom is 0.159 e. The van der Waals surface area contributed by atoms with Crippen molar-refractivity contribution >= 4 is 17.3 Å². The molecule has 10 heteroatoms. The SMILES string of the molecule is CNCc1cc(O)cc(C2CC3(C4CCCC4)C(C(NCC(C)O)CC4(CCO)C3CCC3=C(C(C)CC(O)C5OC5(C)C5CCCC5c5cccc(N)c5)C(=O)CC34C)C(C)(C)C2=O)c1. The molecule has 2 aromatic rings. The molecule has 14 atom stereocenters. The predicted molar refractivity (Wildman–Crippen MR) is 259 cm³/mol. The van der Waals surface area contributed by atoms with E-state index >= 15 is 4.79 Å². The third-order valence-electron chi connectivity index (χ3n) is 19.8. The summed E-state index contributed by atoms with van der Waals surface area (Å²) in [6.07, 6.45) is 10.4. The summed E-state index contributed by atoms with van der Waals surface area (Å²) in [4.78, 5) is 30.3. The van der Waals surface area contributed by atoms with Crippen molar-refractivity contribution in [1.29, 1.82) is 0 Å². The van der Waals surface area contributed by atoms with Crippen LogP contribution in [0.25, 0.3) is 0 Å². The van der Waals surface area contributed by atoms with Gasteiger partial charge in [0.1, 0.15) is 17.6 Å². The smallest absolute Gasteiger partial charge is 0.159 e. The number of ketones is 2. The first-order valence-corrected chi connectivity index (χ1v) is 25.9. The number of rotatable bonds is 15. The number of nitrogens with two attached hydrogens (primary N) is 1. The van der Waals surface area contributed by atoms with Gasteiger partial charge in [-0.3, -0.25) is 9.59 Å². The molecule has 2 aromatic carbocycles. The summed E-state index contributed by atoms with van der Waals surface area (Å²) in [6.45, 7) is 13.7. The standard InChI is InChI=1S/C56H81N3O7/c1-32(22-45(63)51-54(6,66-51)42-17-11-16-40(42)35-12-10-15-38(57)25-35)48-43-18-19-47-55(20-21-60,53(43,5)29-46(48)64)28-44(59-30-33(2)61)49-52(3,4)50(65)41(27-56(47,49)37-13-8-9-14-37)36-23-34(31-58-7)24-39(62)26-36/h10,12,15,23-26,32-33,37,40-42,44-45,47,49,51,58-63H,8-9,11,13-14,16-22,27-31,57H2,1-7H3. The van der Waals surface area contributed by atoms with Crippen LogP contribution in [0.4, 0.5) is 5.69 Å². The molecule has 0 spiro atoms. The average molecular weight is 908 g/mol. The van der Waals surface area contributed by atoms with Crippen LogP contribution < -0.4 is 16.4 Å². The predicted octanol–water partition coefficient (Wildman–Crippen LogP) is 8.49. The number of aliphatic hydroxyl groups is 3. The van der Waals surface area contributed by atoms with E-state index in [4.69, 9.17) is 10.5 Å². The number of benzene rings is 2. The van der Waals surface area contributed by atoms with Gasteiger partial charge < -0.3 is 41.5 Å². The quantitative estimate of drug-likeness (QED) is 0.0678. The largest absolute Gasteiger partial charge is 0.508 e. The van der Waals surface area contributed by atoms with Crippen LogP contribution in [0.5, 0.6) is 5.75 Å². The van der Waals surface area contributed by atoms with E-state index < -0.39 is 40.0 Å². The molecule has 6 aliphatic carbocycles. The number of allylic oxidation sites excluding steroid dienone is 2. The van der Waals surface area contributed by atoms with E-state index in [0.717, 1.165) is 80.2 Å². The summed E-state index contributed by atoms with van der Waals surface area (Å²) >= 11 is 0. The molecular formula is C56H81N3O7. The molecule has 1 heterocycles. The maximum absolute atomic E-state index is 15.3. The number of anilines is 1. The number of aliphatic hydroxyl groups excluding tert-OH is 3. The Kier molecular flexibility index (Phi) is 12.8. The van der Waals surface area contributed by atoms with Crippen LogP contribution >= 0.6 is 0 Å². The minimum absolute atomic E-state index is 0.00722. The van der Waals surface area contributed by atoms with Gasteiger partial charge >= 0.3 is 0 Å². The van der Waals surface area contributed by atoms with Crippen LogP contribution in [-0.4, -0.2) is 82.1 Å². The fraction of sp³-hybridized carbons (Fsp3) is 0.714. The van der Waals surface area contributed by atoms with Crippen molar-refractivity contribution in [3.8, 4) is 5.75 Å². The highest BCUT2D eigenvalue weighted by atomic mass is 16.6. The number of hydrogen-bond donors (Lipinski definition) is 7. The van der Waals surface area contributed by atoms with E-state index in [0.29, 0.717) is 57.0 Å². The van der Waals surface area contributed by atoms with Gasteiger partial charge in [-0.25, -0.2) is 0 Å². The van der Waals surface area contributed by atoms with Gasteiger partial charge in [0.2, 0.25) is 0 Å². The van der Waals surface area contributed by atoms with Gasteiger partial charge in [-0.1, -0.05) is 70.7 Å². The van der Waals surface area contributed by atoms with E-state index in [1.807, 2.05) is 32.2 Å². The van der Waals surface area contributed by atoms with Crippen LogP contribution in [0.15, 0.2) is 53.6 Å². The Bertz CT molecular complexity index is 2200. The molecule has 5 saturated carbocycles. The maximum atomic E-state index is 15.3. The minimum atomic E-state index is -0.744. The number of fused-ring (bicyclic) bond motifs is 5. The number of epoxide rings is 1. The van der Waals surface area contributed by atoms with Crippen LogP contribution in [-0.2, 0) is 20.9 Å². The van der Waals surface area contributed by atoms with Gasteiger partial charge in [-0.15, -0.1) is 0 Å². The Labute approximate surface area is 394 Å². The summed E-state index contributed by atoms with van der Waals surface area (Å²) < 4.78 is 6.54. The number of nitrogen functional groups attached to an aromatic ring is 1. The summed E-state index contributed by atoms with van der Waals surface area (Å²) in [5.41, 5.74) is 9.62. The van der Waals surface area contributed by atoms with E-state index in [1.165, 1.54) is 11.1 Å². The molecule has 9 rings (SSSR count). The molecular weight excluding hydrogens is 827 g/mol. The zero-order valence-corrected chi connectivity index (χ0v) is 41.0. The summed E-state index contributed by atoms with van der Waals surface area (Å²) in [6, 6.07) is 13.8. The van der Waals surface area contributed by atoms with E-state index in [-0.39, 0.29) is 65.2 Å². The van der Waals surface area contributed by atoms with Gasteiger partial charge in [0.05, 0.1) is 17.8 Å². The van der Waals surface area contributed by atoms with Crippen molar-refractivity contribution in [1.82, 2.24) is 10.6 Å². The zero-order chi connectivity index (χ0) is 47.1. The van der Waals surface area contributed by atoms with E-state index in [2.05, 4.69) is 63.5 Å². The number of ether oxygens (including phenoxy) is 1. The third kappa shape index (κ3) is 7.56. The van der Waals surface area contributed by atoms with E-state index in [1.54, 1.807) is 6.07 Å². The number of Topliss-reactive ketones (excluding diaryl/α,β-unsaturated/α-hetero) is 2. The van der Waals surface area contributed by atoms with Crippen LogP contribution in [0.3, 0.4) is 0 Å². The Morgan fingerprint density at radius 2 is 1.68 bits per heavy atom. The first-order chi connectivity index (χ1) is 31.4. The number of phenols is 1. The molecule has 0 aromatic heterocycles. The van der Waals surface area contributed by atoms with Crippen LogP contribution in [0, 0.1) is 51.2 Å². The highest BCUT2D eigenvalue weighted by Crippen LogP contribution is 2.78. The van der Waals surface area contributed by atoms with Gasteiger partial charge in [0, 0.05) is 54.6 Å². The molecule has 6 fully saturated rings. The van der Waals surface area contributed by atoms with E-state index in [9.17, 15) is 25.2 Å². The lowest BCUT2D eigenvalue weighted by molar-refractivity contribution is -0.226. The Morgan fingerprint density at radius 1 is 0.924 bits per heavy atom. The van der Waals surface area contributed by atoms with Crippen molar-refractivity contribution in [3.05, 3.63) is 70.3 Å². The van der Waals surface area contributed by atoms with Gasteiger partial charge in [0.15, 0.2) is 5.78 Å². The third-order valence-corrected chi connectivity index (χ3v) is 19.8. The van der Waals surface area contributed by atoms with Gasteiger partial charge in [0.25, 0.3) is 0 Å². The van der Waals surface area contributed by atoms with Crippen LogP contribution in [0.1, 0.15) is 160 Å². The molecule has 1 saturated heterocycles. The van der Waals surface area contributed by atoms with Crippen molar-refractivity contribution in [2.24, 2.45) is 51.2 Å². The number of aromatic hydroxyl groups is 1. The molecule has 0 bridgehead atoms. The molecule has 0 radical (unpaired) electrons. The average Bonchev–Trinajstić information content (AvgIpc) is 3.69. The second-order valence-electron chi connectivity index (χ2n) is 23.7. The van der Waals surface area contributed by atoms with Gasteiger partial charge in [-0.2, -0.15) is 0 Å². The number of carbonyl (C=O) groups excluding carboxylic acids is 2. The Balaban J connectivity index is 1.10. The molecule has 0 amide bonds. The van der Waals surface area contributed by atoms with Crippen molar-refractivity contribution < 1.29 is 34.8 Å². The molecule has 362 valence electrons. The van der Waals surface area contributed by atoms with Crippen molar-refractivity contribution in [2.45, 2.75) is 180 Å². The highest BCUT2D eigenvalue weighted by molar-refractivity contribution is 6.00. The topological polar surface area (TPSA) is 178 Å². The highest BCUT2D eigenvalue weighted by Gasteiger charge is 2.75. The minimum Gasteiger partial charge on any atom is -0.508 e. The summed E-state index contributed by atoms with van der Waals surface area (Å²) in [7, 11) is 1.89. The molecule has 66 heavy (non-hydrogen) atoms. The number of hydrogen-bond acceptors (Lipinski definition) is 10. The summed E-state index contributed by atoms with van der Waals surface area (Å²) in [5, 5.41) is 52.6. The number of phenolic OH excluding ortho intramolecular Hbond substituents is 1. The zero-order valence-electron chi connectivity index (χ0n) is 41.0. The normalized spacial score (nSPS) is 38.8. The molecule has 8 N–H and O–H groups in total. The second kappa shape index (κ2) is 17.7. The Hall–Kier alpha value is -3.12. The lowest BCUT2D eigenvalue weighted by Gasteiger charge is -2.73. The lowest BCUT2D eigenvalue weighted by atomic mass is 9.31. The van der Waals surface area contributed by atoms with Crippen LogP contribution in [0.2, 0.25) is 0 Å². The number of nitrogens with one attached hydrogen (secondary N) is 2. The molecule has 14 unspecified atom stereocenters. The summed E-state index contributed by atoms with van der Waals surface area (Å²) in [5.74, 6) is 0.991. The molecule has 7 aliphatic rings. The van der Waals surface area contributed by atoms with Gasteiger partial charge in [-0.05, 0) is 178 Å². The lowest BCUT2D eigenvalue weighted by Crippen LogP contribution is -2.72. The molecule has 10 nitrogen and oxygen atoms in total. The second-order valence-corrected chi connectivity index (χ2v) is 23.7. The first kappa shape index (κ1) is 47.9. The first-order valence-electron chi connectivity index (χ1n) is 25.9. The number of carbonyl (C=O) groups is 2. The monoisotopic (exact) mass is 908 g/mol.